The zero-order valence-corrected chi connectivity index (χ0v) is 24.4. The van der Waals surface area contributed by atoms with Crippen LogP contribution in [0, 0.1) is 0 Å². The maximum atomic E-state index is 13.2. The van der Waals surface area contributed by atoms with Crippen LogP contribution in [0.4, 0.5) is 0 Å². The summed E-state index contributed by atoms with van der Waals surface area (Å²) in [5.41, 5.74) is 1.39. The Morgan fingerprint density at radius 1 is 0.744 bits per heavy atom. The van der Waals surface area contributed by atoms with Crippen LogP contribution >= 0.6 is 15.9 Å². The molecule has 0 aliphatic carbocycles. The normalized spacial score (nSPS) is 13.9. The summed E-state index contributed by atoms with van der Waals surface area (Å²) >= 11 is 3.64. The Balaban J connectivity index is 1.88. The third-order valence-electron chi connectivity index (χ3n) is 7.59. The van der Waals surface area contributed by atoms with E-state index in [0.717, 1.165) is 54.2 Å². The third-order valence-corrected chi connectivity index (χ3v) is 8.08. The Bertz CT molecular complexity index is 1610. The van der Waals surface area contributed by atoms with Gasteiger partial charge in [-0.3, -0.25) is 0 Å². The van der Waals surface area contributed by atoms with E-state index in [0.29, 0.717) is 13.0 Å². The molecule has 1 N–H and O–H groups in total. The Labute approximate surface area is 238 Å². The van der Waals surface area contributed by atoms with Crippen LogP contribution in [0.1, 0.15) is 29.0 Å². The molecule has 2 atom stereocenters. The predicted molar refractivity (Wildman–Crippen MR) is 164 cm³/mol. The standard InChI is InChI=1S/C34H34BrNO3/c1-36(2)19-18-34(37,30-14-9-11-23-10-5-6-12-27(23)30)33(28-13-7-8-15-31(28)38-3)29-21-25-20-26(35)17-16-24(25)22-32(29)39-4/h5-17,20-22,33,37H,18-19H2,1-4H3/t33-,34-/m1/s1. The minimum Gasteiger partial charge on any atom is -0.496 e. The van der Waals surface area contributed by atoms with E-state index in [9.17, 15) is 5.11 Å². The van der Waals surface area contributed by atoms with Gasteiger partial charge in [0.1, 0.15) is 17.1 Å². The van der Waals surface area contributed by atoms with Crippen LogP contribution in [-0.2, 0) is 5.60 Å². The van der Waals surface area contributed by atoms with Crippen LogP contribution in [0.5, 0.6) is 11.5 Å². The van der Waals surface area contributed by atoms with Gasteiger partial charge in [-0.05, 0) is 78.0 Å². The molecule has 5 rings (SSSR count). The minimum absolute atomic E-state index is 0.488. The van der Waals surface area contributed by atoms with Gasteiger partial charge >= 0.3 is 0 Å². The average Bonchev–Trinajstić information content (AvgIpc) is 2.95. The molecule has 0 radical (unpaired) electrons. The summed E-state index contributed by atoms with van der Waals surface area (Å²) < 4.78 is 12.9. The van der Waals surface area contributed by atoms with Crippen molar-refractivity contribution >= 4 is 37.5 Å². The van der Waals surface area contributed by atoms with Crippen LogP contribution in [0.25, 0.3) is 21.5 Å². The van der Waals surface area contributed by atoms with Gasteiger partial charge < -0.3 is 19.5 Å². The SMILES string of the molecule is COc1ccccc1[C@H](c1cc2cc(Br)ccc2cc1OC)[C@@](O)(CCN(C)C)c1cccc2ccccc12. The lowest BCUT2D eigenvalue weighted by Crippen LogP contribution is -2.38. The van der Waals surface area contributed by atoms with Gasteiger partial charge in [0.05, 0.1) is 14.2 Å². The topological polar surface area (TPSA) is 41.9 Å². The number of hydrogen-bond donors (Lipinski definition) is 1. The highest BCUT2D eigenvalue weighted by Gasteiger charge is 2.44. The van der Waals surface area contributed by atoms with Crippen molar-refractivity contribution in [3.8, 4) is 11.5 Å². The number of hydrogen-bond acceptors (Lipinski definition) is 4. The van der Waals surface area contributed by atoms with Crippen molar-refractivity contribution in [3.63, 3.8) is 0 Å². The van der Waals surface area contributed by atoms with Gasteiger partial charge in [0, 0.05) is 28.1 Å². The number of fused-ring (bicyclic) bond motifs is 2. The van der Waals surface area contributed by atoms with E-state index < -0.39 is 11.5 Å². The summed E-state index contributed by atoms with van der Waals surface area (Å²) in [5, 5.41) is 17.5. The van der Waals surface area contributed by atoms with Crippen LogP contribution in [0.3, 0.4) is 0 Å². The van der Waals surface area contributed by atoms with Crippen molar-refractivity contribution in [1.29, 1.82) is 0 Å². The molecule has 0 spiro atoms. The fourth-order valence-corrected chi connectivity index (χ4v) is 6.06. The Morgan fingerprint density at radius 3 is 2.23 bits per heavy atom. The molecule has 0 fully saturated rings. The fourth-order valence-electron chi connectivity index (χ4n) is 5.69. The molecular weight excluding hydrogens is 550 g/mol. The maximum absolute atomic E-state index is 13.2. The second kappa shape index (κ2) is 11.4. The fraction of sp³-hybridized carbons (Fsp3) is 0.235. The molecule has 0 bridgehead atoms. The lowest BCUT2D eigenvalue weighted by molar-refractivity contribution is 0.00476. The number of ether oxygens (including phenoxy) is 2. The molecule has 200 valence electrons. The molecule has 5 aromatic rings. The molecule has 4 nitrogen and oxygen atoms in total. The average molecular weight is 585 g/mol. The lowest BCUT2D eigenvalue weighted by atomic mass is 9.70. The van der Waals surface area contributed by atoms with Gasteiger partial charge in [0.25, 0.3) is 0 Å². The van der Waals surface area contributed by atoms with Gasteiger partial charge in [0.15, 0.2) is 0 Å². The summed E-state index contributed by atoms with van der Waals surface area (Å²) in [6, 6.07) is 32.9. The van der Waals surface area contributed by atoms with E-state index in [4.69, 9.17) is 9.47 Å². The van der Waals surface area contributed by atoms with Crippen molar-refractivity contribution < 1.29 is 14.6 Å². The first-order chi connectivity index (χ1) is 18.9. The molecule has 0 unspecified atom stereocenters. The molecule has 0 saturated heterocycles. The summed E-state index contributed by atoms with van der Waals surface area (Å²) in [6.45, 7) is 0.687. The van der Waals surface area contributed by atoms with E-state index in [-0.39, 0.29) is 0 Å². The number of aliphatic hydroxyl groups is 1. The van der Waals surface area contributed by atoms with E-state index in [1.165, 1.54) is 0 Å². The molecule has 0 aromatic heterocycles. The molecular formula is C34H34BrNO3. The number of para-hydroxylation sites is 1. The first-order valence-electron chi connectivity index (χ1n) is 13.1. The highest BCUT2D eigenvalue weighted by molar-refractivity contribution is 9.10. The van der Waals surface area contributed by atoms with Crippen LogP contribution in [-0.4, -0.2) is 44.9 Å². The maximum Gasteiger partial charge on any atom is 0.123 e. The van der Waals surface area contributed by atoms with Gasteiger partial charge in [-0.2, -0.15) is 0 Å². The number of nitrogens with zero attached hydrogens (tertiary/aromatic N) is 1. The zero-order valence-electron chi connectivity index (χ0n) is 22.8. The van der Waals surface area contributed by atoms with Gasteiger partial charge in [-0.25, -0.2) is 0 Å². The minimum atomic E-state index is -1.30. The molecule has 0 aliphatic rings. The highest BCUT2D eigenvalue weighted by Crippen LogP contribution is 2.51. The van der Waals surface area contributed by atoms with Crippen molar-refractivity contribution in [2.45, 2.75) is 17.9 Å². The van der Waals surface area contributed by atoms with E-state index in [1.807, 2.05) is 56.6 Å². The molecule has 0 aliphatic heterocycles. The number of halogens is 1. The molecule has 0 heterocycles. The first kappa shape index (κ1) is 27.2. The second-order valence-electron chi connectivity index (χ2n) is 10.3. The van der Waals surface area contributed by atoms with Gasteiger partial charge in [-0.1, -0.05) is 82.7 Å². The molecule has 0 saturated carbocycles. The van der Waals surface area contributed by atoms with Crippen LogP contribution < -0.4 is 9.47 Å². The molecule has 5 aromatic carbocycles. The lowest BCUT2D eigenvalue weighted by Gasteiger charge is -2.40. The highest BCUT2D eigenvalue weighted by atomic mass is 79.9. The third kappa shape index (κ3) is 5.27. The summed E-state index contributed by atoms with van der Waals surface area (Å²) in [4.78, 5) is 2.12. The van der Waals surface area contributed by atoms with Crippen molar-refractivity contribution in [1.82, 2.24) is 4.90 Å². The monoisotopic (exact) mass is 583 g/mol. The smallest absolute Gasteiger partial charge is 0.123 e. The van der Waals surface area contributed by atoms with Crippen LogP contribution in [0.15, 0.2) is 102 Å². The summed E-state index contributed by atoms with van der Waals surface area (Å²) in [5.74, 6) is 0.962. The first-order valence-corrected chi connectivity index (χ1v) is 13.9. The Hall–Kier alpha value is -3.38. The number of methoxy groups -OCH3 is 2. The van der Waals surface area contributed by atoms with Crippen LogP contribution in [0.2, 0.25) is 0 Å². The van der Waals surface area contributed by atoms with E-state index in [2.05, 4.69) is 75.4 Å². The molecule has 0 amide bonds. The predicted octanol–water partition coefficient (Wildman–Crippen LogP) is 7.74. The van der Waals surface area contributed by atoms with Gasteiger partial charge in [-0.15, -0.1) is 0 Å². The largest absolute Gasteiger partial charge is 0.496 e. The van der Waals surface area contributed by atoms with E-state index >= 15 is 0 Å². The van der Waals surface area contributed by atoms with Crippen molar-refractivity contribution in [2.75, 3.05) is 34.9 Å². The number of benzene rings is 5. The quantitative estimate of drug-likeness (QED) is 0.193. The molecule has 39 heavy (non-hydrogen) atoms. The van der Waals surface area contributed by atoms with Gasteiger partial charge in [0.2, 0.25) is 0 Å². The van der Waals surface area contributed by atoms with Crippen molar-refractivity contribution in [2.24, 2.45) is 0 Å². The number of rotatable bonds is 9. The zero-order chi connectivity index (χ0) is 27.6. The Morgan fingerprint density at radius 2 is 1.46 bits per heavy atom. The van der Waals surface area contributed by atoms with Crippen molar-refractivity contribution in [3.05, 3.63) is 118 Å². The summed E-state index contributed by atoms with van der Waals surface area (Å²) in [6.07, 6.45) is 0.496. The Kier molecular flexibility index (Phi) is 7.94. The summed E-state index contributed by atoms with van der Waals surface area (Å²) in [7, 11) is 7.45. The van der Waals surface area contributed by atoms with E-state index in [1.54, 1.807) is 14.2 Å². The second-order valence-corrected chi connectivity index (χ2v) is 11.2. The molecule has 5 heteroatoms.